The van der Waals surface area contributed by atoms with E-state index in [0.717, 1.165) is 11.3 Å². The molecule has 8 nitrogen and oxygen atoms in total. The maximum absolute atomic E-state index is 13.2. The highest BCUT2D eigenvalue weighted by Crippen LogP contribution is 2.39. The Morgan fingerprint density at radius 2 is 1.93 bits per heavy atom. The van der Waals surface area contributed by atoms with Crippen LogP contribution in [0, 0.1) is 0 Å². The van der Waals surface area contributed by atoms with Crippen LogP contribution in [-0.4, -0.2) is 47.3 Å². The van der Waals surface area contributed by atoms with Crippen molar-refractivity contribution >= 4 is 23.9 Å². The average Bonchev–Trinajstić information content (AvgIpc) is 3.17. The topological polar surface area (TPSA) is 92.8 Å². The summed E-state index contributed by atoms with van der Waals surface area (Å²) >= 11 is 1.33. The van der Waals surface area contributed by atoms with Crippen molar-refractivity contribution in [1.82, 2.24) is 19.9 Å². The van der Waals surface area contributed by atoms with Gasteiger partial charge in [0.1, 0.15) is 5.25 Å². The number of ether oxygens (including phenoxy) is 2. The van der Waals surface area contributed by atoms with Crippen LogP contribution >= 0.6 is 11.9 Å². The lowest BCUT2D eigenvalue weighted by atomic mass is 9.97. The van der Waals surface area contributed by atoms with Gasteiger partial charge in [-0.25, -0.2) is 4.79 Å². The monoisotopic (exact) mass is 414 g/mol. The number of hydrogen-bond donors (Lipinski definition) is 2. The quantitative estimate of drug-likeness (QED) is 0.726. The Balaban J connectivity index is 1.58. The number of rotatable bonds is 5. The summed E-state index contributed by atoms with van der Waals surface area (Å²) < 4.78 is 13.9. The van der Waals surface area contributed by atoms with Crippen LogP contribution < -0.4 is 19.5 Å². The van der Waals surface area contributed by atoms with Crippen LogP contribution in [-0.2, 0) is 4.79 Å². The van der Waals surface area contributed by atoms with E-state index in [1.54, 1.807) is 32.5 Å². The zero-order valence-corrected chi connectivity index (χ0v) is 17.1. The molecule has 0 aliphatic carbocycles. The minimum atomic E-state index is -0.460. The van der Waals surface area contributed by atoms with Crippen molar-refractivity contribution in [2.24, 2.45) is 0 Å². The average molecular weight is 414 g/mol. The molecule has 1 aromatic carbocycles. The first-order valence-corrected chi connectivity index (χ1v) is 10.1. The molecule has 4 atom stereocenters. The third-order valence-electron chi connectivity index (χ3n) is 5.28. The number of hydrogen-bond acceptors (Lipinski definition) is 7. The molecule has 2 N–H and O–H groups in total. The second-order valence-electron chi connectivity index (χ2n) is 6.86. The number of amides is 3. The first-order chi connectivity index (χ1) is 14.0. The predicted molar refractivity (Wildman–Crippen MR) is 109 cm³/mol. The molecule has 2 saturated heterocycles. The van der Waals surface area contributed by atoms with E-state index < -0.39 is 17.3 Å². The van der Waals surface area contributed by atoms with E-state index in [1.165, 1.54) is 16.8 Å². The lowest BCUT2D eigenvalue weighted by Gasteiger charge is -2.37. The van der Waals surface area contributed by atoms with Gasteiger partial charge in [-0.3, -0.25) is 19.4 Å². The fourth-order valence-corrected chi connectivity index (χ4v) is 4.86. The summed E-state index contributed by atoms with van der Waals surface area (Å²) in [5.74, 6) is 0.912. The molecule has 0 radical (unpaired) electrons. The summed E-state index contributed by atoms with van der Waals surface area (Å²) in [6.07, 6.45) is 1.70. The van der Waals surface area contributed by atoms with Gasteiger partial charge in [0.2, 0.25) is 5.91 Å². The smallest absolute Gasteiger partial charge is 0.325 e. The number of carbonyl (C=O) groups excluding carboxylic acids is 2. The molecule has 3 heterocycles. The third-order valence-corrected chi connectivity index (χ3v) is 6.42. The molecule has 4 rings (SSSR count). The van der Waals surface area contributed by atoms with E-state index in [-0.39, 0.29) is 18.0 Å². The van der Waals surface area contributed by atoms with E-state index in [0.29, 0.717) is 11.5 Å². The van der Waals surface area contributed by atoms with Crippen molar-refractivity contribution < 1.29 is 19.1 Å². The van der Waals surface area contributed by atoms with Gasteiger partial charge >= 0.3 is 6.03 Å². The van der Waals surface area contributed by atoms with E-state index in [9.17, 15) is 9.59 Å². The minimum absolute atomic E-state index is 0.224. The van der Waals surface area contributed by atoms with E-state index in [1.807, 2.05) is 31.2 Å². The molecule has 29 heavy (non-hydrogen) atoms. The van der Waals surface area contributed by atoms with Crippen molar-refractivity contribution in [1.29, 1.82) is 0 Å². The SMILES string of the molecule is COc1ccc(C(C)N2C(=O)NC3C(SNC3c3ccccn3)C2=O)cc1OC. The number of benzene rings is 1. The van der Waals surface area contributed by atoms with Crippen LogP contribution in [0.4, 0.5) is 4.79 Å². The summed E-state index contributed by atoms with van der Waals surface area (Å²) in [4.78, 5) is 31.7. The molecule has 2 aromatic rings. The summed E-state index contributed by atoms with van der Waals surface area (Å²) in [6.45, 7) is 1.82. The highest BCUT2D eigenvalue weighted by Gasteiger charge is 2.51. The van der Waals surface area contributed by atoms with Crippen LogP contribution in [0.3, 0.4) is 0 Å². The maximum Gasteiger partial charge on any atom is 0.325 e. The summed E-state index contributed by atoms with van der Waals surface area (Å²) in [6, 6.07) is 9.53. The fraction of sp³-hybridized carbons (Fsp3) is 0.350. The Labute approximate surface area is 173 Å². The van der Waals surface area contributed by atoms with Gasteiger partial charge in [0.15, 0.2) is 11.5 Å². The van der Waals surface area contributed by atoms with Crippen LogP contribution in [0.25, 0.3) is 0 Å². The number of pyridine rings is 1. The van der Waals surface area contributed by atoms with Crippen molar-refractivity contribution in [3.63, 3.8) is 0 Å². The molecule has 3 amide bonds. The molecule has 4 unspecified atom stereocenters. The summed E-state index contributed by atoms with van der Waals surface area (Å²) in [7, 11) is 3.11. The minimum Gasteiger partial charge on any atom is -0.493 e. The van der Waals surface area contributed by atoms with Crippen molar-refractivity contribution in [3.05, 3.63) is 53.9 Å². The Hall–Kier alpha value is -2.78. The fourth-order valence-electron chi connectivity index (χ4n) is 3.71. The van der Waals surface area contributed by atoms with Crippen molar-refractivity contribution in [2.75, 3.05) is 14.2 Å². The summed E-state index contributed by atoms with van der Waals surface area (Å²) in [5, 5.41) is 2.57. The zero-order chi connectivity index (χ0) is 20.5. The van der Waals surface area contributed by atoms with Crippen LogP contribution in [0.1, 0.15) is 30.3 Å². The standard InChI is InChI=1S/C20H22N4O4S/c1-11(12-7-8-14(27-2)15(10-12)28-3)24-19(25)18-17(22-20(24)26)16(23-29-18)13-6-4-5-9-21-13/h4-11,16-18,23H,1-3H3,(H,22,26). The number of fused-ring (bicyclic) bond motifs is 1. The number of urea groups is 1. The number of aromatic nitrogens is 1. The highest BCUT2D eigenvalue weighted by atomic mass is 32.2. The van der Waals surface area contributed by atoms with E-state index >= 15 is 0 Å². The Bertz CT molecular complexity index is 926. The first kappa shape index (κ1) is 19.5. The predicted octanol–water partition coefficient (Wildman–Crippen LogP) is 2.44. The molecular formula is C20H22N4O4S. The van der Waals surface area contributed by atoms with Gasteiger partial charge in [0.25, 0.3) is 0 Å². The zero-order valence-electron chi connectivity index (χ0n) is 16.3. The second kappa shape index (κ2) is 7.92. The largest absolute Gasteiger partial charge is 0.493 e. The Morgan fingerprint density at radius 3 is 2.62 bits per heavy atom. The molecule has 2 fully saturated rings. The number of methoxy groups -OCH3 is 2. The lowest BCUT2D eigenvalue weighted by Crippen LogP contribution is -2.61. The molecule has 2 aliphatic rings. The van der Waals surface area contributed by atoms with Crippen LogP contribution in [0.15, 0.2) is 42.6 Å². The van der Waals surface area contributed by atoms with Gasteiger partial charge < -0.3 is 14.8 Å². The number of nitrogens with zero attached hydrogens (tertiary/aromatic N) is 2. The lowest BCUT2D eigenvalue weighted by molar-refractivity contribution is -0.131. The van der Waals surface area contributed by atoms with Crippen LogP contribution in [0.2, 0.25) is 0 Å². The van der Waals surface area contributed by atoms with Gasteiger partial charge in [-0.1, -0.05) is 24.1 Å². The molecule has 0 spiro atoms. The van der Waals surface area contributed by atoms with Crippen LogP contribution in [0.5, 0.6) is 11.5 Å². The molecule has 9 heteroatoms. The number of nitrogens with one attached hydrogen (secondary N) is 2. The maximum atomic E-state index is 13.2. The third kappa shape index (κ3) is 3.40. The normalized spacial score (nSPS) is 24.7. The highest BCUT2D eigenvalue weighted by molar-refractivity contribution is 7.99. The molecule has 1 aromatic heterocycles. The molecule has 0 saturated carbocycles. The molecule has 2 aliphatic heterocycles. The van der Waals surface area contributed by atoms with Gasteiger partial charge in [-0.15, -0.1) is 0 Å². The molecular weight excluding hydrogens is 392 g/mol. The number of imide groups is 1. The van der Waals surface area contributed by atoms with E-state index in [2.05, 4.69) is 15.0 Å². The Kier molecular flexibility index (Phi) is 5.33. The first-order valence-electron chi connectivity index (χ1n) is 9.22. The molecule has 0 bridgehead atoms. The van der Waals surface area contributed by atoms with Gasteiger partial charge in [0, 0.05) is 6.20 Å². The second-order valence-corrected chi connectivity index (χ2v) is 7.84. The van der Waals surface area contributed by atoms with Gasteiger partial charge in [0.05, 0.1) is 38.0 Å². The number of carbonyl (C=O) groups is 2. The van der Waals surface area contributed by atoms with Crippen molar-refractivity contribution in [3.8, 4) is 11.5 Å². The Morgan fingerprint density at radius 1 is 1.14 bits per heavy atom. The molecule has 152 valence electrons. The van der Waals surface area contributed by atoms with E-state index in [4.69, 9.17) is 9.47 Å². The van der Waals surface area contributed by atoms with Gasteiger partial charge in [-0.05, 0) is 36.8 Å². The van der Waals surface area contributed by atoms with Crippen molar-refractivity contribution in [2.45, 2.75) is 30.3 Å². The summed E-state index contributed by atoms with van der Waals surface area (Å²) in [5.41, 5.74) is 1.57. The van der Waals surface area contributed by atoms with Gasteiger partial charge in [-0.2, -0.15) is 0 Å².